The minimum absolute atomic E-state index is 0. The molecule has 1 N–H and O–H groups in total. The van der Waals surface area contributed by atoms with Gasteiger partial charge in [0.25, 0.3) is 0 Å². The van der Waals surface area contributed by atoms with Crippen molar-refractivity contribution in [2.24, 2.45) is 0 Å². The summed E-state index contributed by atoms with van der Waals surface area (Å²) in [6, 6.07) is 8.96. The molecule has 1 aliphatic heterocycles. The van der Waals surface area contributed by atoms with Crippen LogP contribution in [0, 0.1) is 6.92 Å². The highest BCUT2D eigenvalue weighted by atomic mass is 35.5. The van der Waals surface area contributed by atoms with Gasteiger partial charge in [-0.25, -0.2) is 0 Å². The lowest BCUT2D eigenvalue weighted by Gasteiger charge is -2.23. The van der Waals surface area contributed by atoms with Gasteiger partial charge in [0.2, 0.25) is 0 Å². The molecule has 2 heterocycles. The number of para-hydroxylation sites is 1. The molecule has 1 saturated heterocycles. The maximum absolute atomic E-state index is 5.82. The van der Waals surface area contributed by atoms with E-state index < -0.39 is 0 Å². The summed E-state index contributed by atoms with van der Waals surface area (Å²) in [7, 11) is 2.21. The fraction of sp³-hybridized carbons (Fsp3) is 0.467. The third-order valence-electron chi connectivity index (χ3n) is 3.97. The summed E-state index contributed by atoms with van der Waals surface area (Å²) in [4.78, 5) is 2.43. The Kier molecular flexibility index (Phi) is 4.50. The van der Waals surface area contributed by atoms with E-state index in [9.17, 15) is 0 Å². The molecule has 0 aliphatic carbocycles. The van der Waals surface area contributed by atoms with Gasteiger partial charge in [0.15, 0.2) is 0 Å². The summed E-state index contributed by atoms with van der Waals surface area (Å²) in [6.45, 7) is 5.27. The lowest BCUT2D eigenvalue weighted by molar-refractivity contribution is 0.248. The molecule has 0 saturated carbocycles. The van der Waals surface area contributed by atoms with E-state index in [2.05, 4.69) is 36.3 Å². The third kappa shape index (κ3) is 2.78. The molecule has 3 nitrogen and oxygen atoms in total. The molecule has 1 atom stereocenters. The zero-order valence-electron chi connectivity index (χ0n) is 11.5. The van der Waals surface area contributed by atoms with E-state index in [1.807, 2.05) is 12.1 Å². The normalized spacial score (nSPS) is 19.0. The van der Waals surface area contributed by atoms with Gasteiger partial charge in [0.1, 0.15) is 11.3 Å². The van der Waals surface area contributed by atoms with Gasteiger partial charge < -0.3 is 9.73 Å². The van der Waals surface area contributed by atoms with Gasteiger partial charge in [-0.1, -0.05) is 18.2 Å². The van der Waals surface area contributed by atoms with Gasteiger partial charge in [-0.15, -0.1) is 12.4 Å². The first-order valence-electron chi connectivity index (χ1n) is 6.63. The van der Waals surface area contributed by atoms with Crippen molar-refractivity contribution >= 4 is 23.4 Å². The van der Waals surface area contributed by atoms with Crippen molar-refractivity contribution in [3.8, 4) is 0 Å². The molecule has 2 aromatic rings. The number of aryl methyl sites for hydroxylation is 1. The van der Waals surface area contributed by atoms with Crippen LogP contribution in [0.4, 0.5) is 0 Å². The van der Waals surface area contributed by atoms with Crippen LogP contribution in [0.25, 0.3) is 11.0 Å². The van der Waals surface area contributed by atoms with Crippen molar-refractivity contribution in [3.63, 3.8) is 0 Å². The molecule has 3 rings (SSSR count). The average molecular weight is 281 g/mol. The molecule has 0 amide bonds. The second-order valence-corrected chi connectivity index (χ2v) is 5.19. The summed E-state index contributed by atoms with van der Waals surface area (Å²) in [5.41, 5.74) is 2.34. The molecule has 1 aliphatic rings. The monoisotopic (exact) mass is 280 g/mol. The van der Waals surface area contributed by atoms with E-state index in [1.54, 1.807) is 0 Å². The second kappa shape index (κ2) is 5.95. The highest BCUT2D eigenvalue weighted by Gasteiger charge is 2.21. The predicted octanol–water partition coefficient (Wildman–Crippen LogP) is 2.96. The molecule has 4 heteroatoms. The van der Waals surface area contributed by atoms with Crippen LogP contribution >= 0.6 is 12.4 Å². The summed E-state index contributed by atoms with van der Waals surface area (Å²) >= 11 is 0. The zero-order valence-corrected chi connectivity index (χ0v) is 12.3. The van der Waals surface area contributed by atoms with Crippen molar-refractivity contribution in [1.82, 2.24) is 10.2 Å². The largest absolute Gasteiger partial charge is 0.461 e. The fourth-order valence-electron chi connectivity index (χ4n) is 2.81. The quantitative estimate of drug-likeness (QED) is 0.937. The number of rotatable bonds is 3. The van der Waals surface area contributed by atoms with Crippen molar-refractivity contribution in [2.75, 3.05) is 20.1 Å². The standard InChI is InChI=1S/C15H20N2O.ClH/c1-11-14(10-17(2)12-7-8-16-9-12)13-5-3-4-6-15(13)18-11;/h3-6,12,16H,7-10H2,1-2H3;1H. The zero-order chi connectivity index (χ0) is 12.5. The van der Waals surface area contributed by atoms with Gasteiger partial charge in [-0.05, 0) is 33.0 Å². The van der Waals surface area contributed by atoms with E-state index >= 15 is 0 Å². The van der Waals surface area contributed by atoms with Crippen molar-refractivity contribution in [2.45, 2.75) is 25.9 Å². The molecule has 0 radical (unpaired) electrons. The molecule has 1 aromatic carbocycles. The van der Waals surface area contributed by atoms with E-state index in [1.165, 1.54) is 17.4 Å². The number of hydrogen-bond donors (Lipinski definition) is 1. The number of halogens is 1. The van der Waals surface area contributed by atoms with Crippen LogP contribution in [-0.4, -0.2) is 31.1 Å². The first kappa shape index (κ1) is 14.4. The Morgan fingerprint density at radius 2 is 2.16 bits per heavy atom. The molecule has 0 bridgehead atoms. The van der Waals surface area contributed by atoms with Gasteiger partial charge in [0, 0.05) is 30.1 Å². The molecule has 1 aromatic heterocycles. The molecule has 1 fully saturated rings. The smallest absolute Gasteiger partial charge is 0.134 e. The van der Waals surface area contributed by atoms with Crippen LogP contribution < -0.4 is 5.32 Å². The first-order valence-corrected chi connectivity index (χ1v) is 6.63. The predicted molar refractivity (Wildman–Crippen MR) is 80.9 cm³/mol. The number of likely N-dealkylation sites (N-methyl/N-ethyl adjacent to an activating group) is 1. The Morgan fingerprint density at radius 1 is 1.37 bits per heavy atom. The maximum atomic E-state index is 5.82. The highest BCUT2D eigenvalue weighted by molar-refractivity contribution is 5.85. The van der Waals surface area contributed by atoms with Gasteiger partial charge in [0.05, 0.1) is 0 Å². The van der Waals surface area contributed by atoms with Crippen LogP contribution in [0.1, 0.15) is 17.7 Å². The number of nitrogens with zero attached hydrogens (tertiary/aromatic N) is 1. The van der Waals surface area contributed by atoms with Crippen LogP contribution in [0.2, 0.25) is 0 Å². The van der Waals surface area contributed by atoms with Crippen LogP contribution in [0.5, 0.6) is 0 Å². The minimum atomic E-state index is 0. The number of hydrogen-bond acceptors (Lipinski definition) is 3. The summed E-state index contributed by atoms with van der Waals surface area (Å²) in [5.74, 6) is 1.05. The summed E-state index contributed by atoms with van der Waals surface area (Å²) in [6.07, 6.45) is 1.24. The van der Waals surface area contributed by atoms with Crippen LogP contribution in [0.15, 0.2) is 28.7 Å². The first-order chi connectivity index (χ1) is 8.75. The Morgan fingerprint density at radius 3 is 2.89 bits per heavy atom. The topological polar surface area (TPSA) is 28.4 Å². The molecule has 19 heavy (non-hydrogen) atoms. The van der Waals surface area contributed by atoms with E-state index in [-0.39, 0.29) is 12.4 Å². The Bertz CT molecular complexity index is 546. The number of benzene rings is 1. The molecule has 104 valence electrons. The summed E-state index contributed by atoms with van der Waals surface area (Å²) < 4.78 is 5.82. The van der Waals surface area contributed by atoms with Crippen LogP contribution in [0.3, 0.4) is 0 Å². The van der Waals surface area contributed by atoms with E-state index in [0.29, 0.717) is 6.04 Å². The average Bonchev–Trinajstić information content (AvgIpc) is 2.98. The second-order valence-electron chi connectivity index (χ2n) is 5.19. The fourth-order valence-corrected chi connectivity index (χ4v) is 2.81. The lowest BCUT2D eigenvalue weighted by Crippen LogP contribution is -2.32. The van der Waals surface area contributed by atoms with Gasteiger partial charge in [-0.3, -0.25) is 4.90 Å². The van der Waals surface area contributed by atoms with Crippen molar-refractivity contribution < 1.29 is 4.42 Å². The van der Waals surface area contributed by atoms with Crippen molar-refractivity contribution in [3.05, 3.63) is 35.6 Å². The van der Waals surface area contributed by atoms with E-state index in [0.717, 1.165) is 31.0 Å². The van der Waals surface area contributed by atoms with Gasteiger partial charge >= 0.3 is 0 Å². The maximum Gasteiger partial charge on any atom is 0.134 e. The third-order valence-corrected chi connectivity index (χ3v) is 3.97. The van der Waals surface area contributed by atoms with Gasteiger partial charge in [-0.2, -0.15) is 0 Å². The minimum Gasteiger partial charge on any atom is -0.461 e. The van der Waals surface area contributed by atoms with E-state index in [4.69, 9.17) is 4.42 Å². The Balaban J connectivity index is 0.00000133. The lowest BCUT2D eigenvalue weighted by atomic mass is 10.1. The highest BCUT2D eigenvalue weighted by Crippen LogP contribution is 2.26. The molecular formula is C15H21ClN2O. The Hall–Kier alpha value is -1.03. The number of nitrogens with one attached hydrogen (secondary N) is 1. The molecular weight excluding hydrogens is 260 g/mol. The SMILES string of the molecule is Cc1oc2ccccc2c1CN(C)C1CCNC1.Cl. The number of fused-ring (bicyclic) bond motifs is 1. The van der Waals surface area contributed by atoms with Crippen molar-refractivity contribution in [1.29, 1.82) is 0 Å². The van der Waals surface area contributed by atoms with Crippen LogP contribution in [-0.2, 0) is 6.54 Å². The Labute approximate surface area is 120 Å². The molecule has 0 spiro atoms. The molecule has 1 unspecified atom stereocenters. The summed E-state index contributed by atoms with van der Waals surface area (Å²) in [5, 5.41) is 4.68. The number of furan rings is 1.